The molecule has 0 saturated carbocycles. The number of hydrogen-bond acceptors (Lipinski definition) is 2. The number of hydrogen-bond donors (Lipinski definition) is 1. The topological polar surface area (TPSA) is 40.2 Å². The number of aromatic nitrogens is 1. The zero-order valence-corrected chi connectivity index (χ0v) is 15.0. The maximum atomic E-state index is 14.5. The Labute approximate surface area is 152 Å². The van der Waals surface area contributed by atoms with E-state index in [0.717, 1.165) is 35.0 Å². The lowest BCUT2D eigenvalue weighted by atomic mass is 10.1. The van der Waals surface area contributed by atoms with Crippen molar-refractivity contribution < 1.29 is 9.13 Å². The second-order valence-corrected chi connectivity index (χ2v) is 6.51. The van der Waals surface area contributed by atoms with Crippen LogP contribution in [-0.2, 0) is 19.6 Å². The minimum Gasteiger partial charge on any atom is -0.485 e. The largest absolute Gasteiger partial charge is 0.485 e. The van der Waals surface area contributed by atoms with Crippen molar-refractivity contribution in [2.45, 2.75) is 32.9 Å². The Morgan fingerprint density at radius 1 is 1.16 bits per heavy atom. The van der Waals surface area contributed by atoms with Gasteiger partial charge in [0, 0.05) is 23.2 Å². The van der Waals surface area contributed by atoms with Gasteiger partial charge >= 0.3 is 0 Å². The highest BCUT2D eigenvalue weighted by atomic mass is 35.5. The van der Waals surface area contributed by atoms with Gasteiger partial charge in [0.2, 0.25) is 0 Å². The van der Waals surface area contributed by atoms with Gasteiger partial charge in [-0.3, -0.25) is 0 Å². The standard InChI is InChI=1S/C20H22ClFN2O/c1-2-11-24-12-15(9-10-23)19-18(24)8-7-17(22)20(19)25-13-14-3-5-16(21)6-4-14/h3-8,12H,2,9-11,13,23H2,1H3. The summed E-state index contributed by atoms with van der Waals surface area (Å²) in [5, 5.41) is 1.49. The van der Waals surface area contributed by atoms with E-state index >= 15 is 0 Å². The number of benzene rings is 2. The van der Waals surface area contributed by atoms with Gasteiger partial charge in [-0.2, -0.15) is 0 Å². The molecule has 0 aliphatic rings. The molecule has 0 aliphatic heterocycles. The molecule has 0 saturated heterocycles. The Morgan fingerprint density at radius 2 is 1.92 bits per heavy atom. The van der Waals surface area contributed by atoms with Crippen LogP contribution in [0.5, 0.6) is 5.75 Å². The number of nitrogens with zero attached hydrogens (tertiary/aromatic N) is 1. The predicted molar refractivity (Wildman–Crippen MR) is 101 cm³/mol. The van der Waals surface area contributed by atoms with E-state index in [0.29, 0.717) is 23.7 Å². The first kappa shape index (κ1) is 17.8. The summed E-state index contributed by atoms with van der Waals surface area (Å²) in [6.07, 6.45) is 3.76. The van der Waals surface area contributed by atoms with Gasteiger partial charge in [-0.05, 0) is 54.8 Å². The Kier molecular flexibility index (Phi) is 5.61. The summed E-state index contributed by atoms with van der Waals surface area (Å²) in [5.74, 6) is -0.0558. The van der Waals surface area contributed by atoms with Crippen molar-refractivity contribution in [2.75, 3.05) is 6.54 Å². The minimum atomic E-state index is -0.353. The fraction of sp³-hybridized carbons (Fsp3) is 0.300. The van der Waals surface area contributed by atoms with Crippen LogP contribution in [0.25, 0.3) is 10.9 Å². The van der Waals surface area contributed by atoms with Gasteiger partial charge in [-0.1, -0.05) is 30.7 Å². The highest BCUT2D eigenvalue weighted by molar-refractivity contribution is 6.30. The number of fused-ring (bicyclic) bond motifs is 1. The molecule has 1 aromatic heterocycles. The summed E-state index contributed by atoms with van der Waals surface area (Å²) >= 11 is 5.90. The van der Waals surface area contributed by atoms with Crippen LogP contribution in [-0.4, -0.2) is 11.1 Å². The lowest BCUT2D eigenvalue weighted by Crippen LogP contribution is -2.03. The van der Waals surface area contributed by atoms with Crippen LogP contribution in [0.3, 0.4) is 0 Å². The predicted octanol–water partition coefficient (Wildman–Crippen LogP) is 4.92. The first-order chi connectivity index (χ1) is 12.1. The quantitative estimate of drug-likeness (QED) is 0.649. The lowest BCUT2D eigenvalue weighted by molar-refractivity contribution is 0.294. The Balaban J connectivity index is 2.00. The monoisotopic (exact) mass is 360 g/mol. The molecule has 0 fully saturated rings. The molecule has 5 heteroatoms. The molecule has 2 N–H and O–H groups in total. The lowest BCUT2D eigenvalue weighted by Gasteiger charge is -2.11. The number of rotatable bonds is 7. The first-order valence-corrected chi connectivity index (χ1v) is 8.89. The second kappa shape index (κ2) is 7.89. The van der Waals surface area contributed by atoms with Gasteiger partial charge in [0.25, 0.3) is 0 Å². The molecule has 0 amide bonds. The van der Waals surface area contributed by atoms with Gasteiger partial charge in [0.05, 0.1) is 5.52 Å². The maximum Gasteiger partial charge on any atom is 0.165 e. The Bertz CT molecular complexity index is 858. The van der Waals surface area contributed by atoms with Crippen molar-refractivity contribution in [3.8, 4) is 5.75 Å². The average Bonchev–Trinajstić information content (AvgIpc) is 2.94. The number of aryl methyl sites for hydroxylation is 1. The van der Waals surface area contributed by atoms with E-state index in [1.807, 2.05) is 18.2 Å². The molecule has 0 radical (unpaired) electrons. The van der Waals surface area contributed by atoms with Crippen molar-refractivity contribution in [1.82, 2.24) is 4.57 Å². The van der Waals surface area contributed by atoms with Crippen molar-refractivity contribution in [3.63, 3.8) is 0 Å². The third-order valence-corrected chi connectivity index (χ3v) is 4.46. The fourth-order valence-electron chi connectivity index (χ4n) is 3.07. The SMILES string of the molecule is CCCn1cc(CCN)c2c(OCc3ccc(Cl)cc3)c(F)ccc21. The van der Waals surface area contributed by atoms with Crippen LogP contribution in [0.4, 0.5) is 4.39 Å². The summed E-state index contributed by atoms with van der Waals surface area (Å²) in [5.41, 5.74) is 8.69. The van der Waals surface area contributed by atoms with Crippen molar-refractivity contribution in [2.24, 2.45) is 5.73 Å². The van der Waals surface area contributed by atoms with Crippen molar-refractivity contribution in [3.05, 3.63) is 64.6 Å². The summed E-state index contributed by atoms with van der Waals surface area (Å²) in [7, 11) is 0. The highest BCUT2D eigenvalue weighted by Crippen LogP contribution is 2.34. The van der Waals surface area contributed by atoms with E-state index in [1.165, 1.54) is 6.07 Å². The van der Waals surface area contributed by atoms with Crippen LogP contribution < -0.4 is 10.5 Å². The van der Waals surface area contributed by atoms with Gasteiger partial charge in [-0.25, -0.2) is 4.39 Å². The first-order valence-electron chi connectivity index (χ1n) is 8.51. The van der Waals surface area contributed by atoms with E-state index in [2.05, 4.69) is 17.7 Å². The molecule has 0 atom stereocenters. The highest BCUT2D eigenvalue weighted by Gasteiger charge is 2.17. The molecule has 0 aliphatic carbocycles. The molecule has 2 aromatic carbocycles. The molecule has 25 heavy (non-hydrogen) atoms. The minimum absolute atomic E-state index is 0.286. The zero-order valence-electron chi connectivity index (χ0n) is 14.3. The van der Waals surface area contributed by atoms with E-state index in [4.69, 9.17) is 22.1 Å². The molecule has 3 rings (SSSR count). The number of nitrogens with two attached hydrogens (primary N) is 1. The summed E-state index contributed by atoms with van der Waals surface area (Å²) in [4.78, 5) is 0. The molecule has 0 spiro atoms. The molecule has 0 unspecified atom stereocenters. The van der Waals surface area contributed by atoms with Crippen LogP contribution in [0, 0.1) is 5.82 Å². The molecule has 3 aromatic rings. The summed E-state index contributed by atoms with van der Waals surface area (Å²) in [6, 6.07) is 10.6. The average molecular weight is 361 g/mol. The number of halogens is 2. The molecule has 1 heterocycles. The van der Waals surface area contributed by atoms with Crippen LogP contribution in [0.2, 0.25) is 5.02 Å². The fourth-order valence-corrected chi connectivity index (χ4v) is 3.19. The Morgan fingerprint density at radius 3 is 2.60 bits per heavy atom. The van der Waals surface area contributed by atoms with Gasteiger partial charge in [0.15, 0.2) is 11.6 Å². The maximum absolute atomic E-state index is 14.5. The van der Waals surface area contributed by atoms with E-state index < -0.39 is 0 Å². The van der Waals surface area contributed by atoms with Gasteiger partial charge < -0.3 is 15.0 Å². The van der Waals surface area contributed by atoms with Crippen LogP contribution in [0.1, 0.15) is 24.5 Å². The van der Waals surface area contributed by atoms with Crippen LogP contribution in [0.15, 0.2) is 42.6 Å². The van der Waals surface area contributed by atoms with Crippen LogP contribution >= 0.6 is 11.6 Å². The van der Waals surface area contributed by atoms with Gasteiger partial charge in [-0.15, -0.1) is 0 Å². The molecule has 132 valence electrons. The molecular formula is C20H22ClFN2O. The molecular weight excluding hydrogens is 339 g/mol. The van der Waals surface area contributed by atoms with Crippen molar-refractivity contribution in [1.29, 1.82) is 0 Å². The number of ether oxygens (including phenoxy) is 1. The van der Waals surface area contributed by atoms with Gasteiger partial charge in [0.1, 0.15) is 6.61 Å². The molecule has 0 bridgehead atoms. The summed E-state index contributed by atoms with van der Waals surface area (Å²) < 4.78 is 22.5. The third-order valence-electron chi connectivity index (χ3n) is 4.20. The second-order valence-electron chi connectivity index (χ2n) is 6.07. The van der Waals surface area contributed by atoms with E-state index in [-0.39, 0.29) is 12.4 Å². The normalized spacial score (nSPS) is 11.2. The van der Waals surface area contributed by atoms with E-state index in [9.17, 15) is 4.39 Å². The summed E-state index contributed by atoms with van der Waals surface area (Å²) in [6.45, 7) is 3.80. The Hall–Kier alpha value is -2.04. The van der Waals surface area contributed by atoms with Crippen molar-refractivity contribution >= 4 is 22.5 Å². The zero-order chi connectivity index (χ0) is 17.8. The smallest absolute Gasteiger partial charge is 0.165 e. The third kappa shape index (κ3) is 3.80. The van der Waals surface area contributed by atoms with E-state index in [1.54, 1.807) is 12.1 Å². The molecule has 3 nitrogen and oxygen atoms in total.